The Hall–Kier alpha value is -2.55. The minimum Gasteiger partial charge on any atom is -0.477 e. The van der Waals surface area contributed by atoms with E-state index in [2.05, 4.69) is 0 Å². The van der Waals surface area contributed by atoms with Gasteiger partial charge in [-0.25, -0.2) is 22.8 Å². The lowest BCUT2D eigenvalue weighted by Gasteiger charge is -2.27. The SMILES string of the molecule is C[C@@H](CO)N(C=C(C(=O)O)C(=O)O)c1ccc(F)c(F)c1F. The quantitative estimate of drug-likeness (QED) is 0.317. The maximum atomic E-state index is 13.8. The fourth-order valence-corrected chi connectivity index (χ4v) is 1.58. The number of carboxylic acid groups (broad SMARTS) is 2. The summed E-state index contributed by atoms with van der Waals surface area (Å²) in [5.74, 6) is -8.52. The third-order valence-corrected chi connectivity index (χ3v) is 2.76. The third-order valence-electron chi connectivity index (χ3n) is 2.76. The average Bonchev–Trinajstić information content (AvgIpc) is 2.45. The van der Waals surface area contributed by atoms with E-state index in [9.17, 15) is 22.8 Å². The number of nitrogens with zero attached hydrogens (tertiary/aromatic N) is 1. The van der Waals surface area contributed by atoms with Crippen LogP contribution in [-0.2, 0) is 9.59 Å². The van der Waals surface area contributed by atoms with Gasteiger partial charge in [0.15, 0.2) is 23.0 Å². The van der Waals surface area contributed by atoms with Gasteiger partial charge in [-0.15, -0.1) is 0 Å². The Morgan fingerprint density at radius 3 is 2.18 bits per heavy atom. The van der Waals surface area contributed by atoms with Gasteiger partial charge in [-0.05, 0) is 19.1 Å². The summed E-state index contributed by atoms with van der Waals surface area (Å²) in [4.78, 5) is 22.4. The Labute approximate surface area is 122 Å². The number of halogens is 3. The van der Waals surface area contributed by atoms with E-state index in [1.54, 1.807) is 0 Å². The molecule has 9 heteroatoms. The molecule has 0 unspecified atom stereocenters. The maximum Gasteiger partial charge on any atom is 0.344 e. The molecule has 0 aromatic heterocycles. The molecular weight excluding hydrogens is 307 g/mol. The Balaban J connectivity index is 3.49. The first-order valence-corrected chi connectivity index (χ1v) is 5.91. The van der Waals surface area contributed by atoms with Crippen molar-refractivity contribution in [2.75, 3.05) is 11.5 Å². The first-order valence-electron chi connectivity index (χ1n) is 5.91. The van der Waals surface area contributed by atoms with Gasteiger partial charge in [-0.1, -0.05) is 0 Å². The average molecular weight is 319 g/mol. The Morgan fingerprint density at radius 1 is 1.18 bits per heavy atom. The van der Waals surface area contributed by atoms with Gasteiger partial charge in [0.2, 0.25) is 0 Å². The molecule has 1 aromatic carbocycles. The van der Waals surface area contributed by atoms with Crippen molar-refractivity contribution in [2.45, 2.75) is 13.0 Å². The summed E-state index contributed by atoms with van der Waals surface area (Å²) in [6.45, 7) is 0.681. The maximum absolute atomic E-state index is 13.8. The van der Waals surface area contributed by atoms with E-state index in [-0.39, 0.29) is 0 Å². The zero-order valence-electron chi connectivity index (χ0n) is 11.3. The molecule has 0 aliphatic rings. The molecule has 0 saturated heterocycles. The number of anilines is 1. The molecule has 0 aliphatic carbocycles. The first kappa shape index (κ1) is 17.5. The molecule has 6 nitrogen and oxygen atoms in total. The summed E-state index contributed by atoms with van der Waals surface area (Å²) in [6, 6.07) is 0.408. The van der Waals surface area contributed by atoms with Crippen molar-refractivity contribution in [3.8, 4) is 0 Å². The predicted octanol–water partition coefficient (Wildman–Crippen LogP) is 1.34. The van der Waals surface area contributed by atoms with Gasteiger partial charge >= 0.3 is 11.9 Å². The van der Waals surface area contributed by atoms with Gasteiger partial charge < -0.3 is 20.2 Å². The normalized spacial score (nSPS) is 11.7. The second kappa shape index (κ2) is 6.94. The highest BCUT2D eigenvalue weighted by Gasteiger charge is 2.24. The molecule has 1 rings (SSSR count). The van der Waals surface area contributed by atoms with Gasteiger partial charge in [0.1, 0.15) is 0 Å². The highest BCUT2D eigenvalue weighted by molar-refractivity contribution is 6.12. The number of carboxylic acids is 2. The van der Waals surface area contributed by atoms with E-state index in [1.807, 2.05) is 0 Å². The molecule has 1 atom stereocenters. The molecule has 120 valence electrons. The number of rotatable bonds is 6. The van der Waals surface area contributed by atoms with Crippen LogP contribution in [0.15, 0.2) is 23.9 Å². The second-order valence-corrected chi connectivity index (χ2v) is 4.29. The number of hydrogen-bond acceptors (Lipinski definition) is 4. The van der Waals surface area contributed by atoms with Crippen LogP contribution in [0.3, 0.4) is 0 Å². The summed E-state index contributed by atoms with van der Waals surface area (Å²) in [7, 11) is 0. The fourth-order valence-electron chi connectivity index (χ4n) is 1.58. The van der Waals surface area contributed by atoms with Crippen LogP contribution in [0.4, 0.5) is 18.9 Å². The number of carbonyl (C=O) groups is 2. The van der Waals surface area contributed by atoms with E-state index in [4.69, 9.17) is 15.3 Å². The molecule has 0 bridgehead atoms. The van der Waals surface area contributed by atoms with Crippen LogP contribution in [0.25, 0.3) is 0 Å². The monoisotopic (exact) mass is 319 g/mol. The van der Waals surface area contributed by atoms with Gasteiger partial charge in [-0.2, -0.15) is 0 Å². The van der Waals surface area contributed by atoms with Gasteiger partial charge in [-0.3, -0.25) is 0 Å². The standard InChI is InChI=1S/C13H12F3NO5/c1-6(5-18)17(4-7(12(19)20)13(21)22)9-3-2-8(14)10(15)11(9)16/h2-4,6,18H,5H2,1H3,(H,19,20)(H,21,22)/t6-/m0/s1. The van der Waals surface area contributed by atoms with Crippen LogP contribution >= 0.6 is 0 Å². The van der Waals surface area contributed by atoms with Crippen molar-refractivity contribution in [3.63, 3.8) is 0 Å². The molecule has 3 N–H and O–H groups in total. The minimum absolute atomic E-state index is 0.529. The predicted molar refractivity (Wildman–Crippen MR) is 68.7 cm³/mol. The summed E-state index contributed by atoms with van der Waals surface area (Å²) in [5.41, 5.74) is -1.75. The molecule has 0 amide bonds. The summed E-state index contributed by atoms with van der Waals surface area (Å²) in [6.07, 6.45) is 0.529. The zero-order valence-corrected chi connectivity index (χ0v) is 11.3. The highest BCUT2D eigenvalue weighted by atomic mass is 19.2. The van der Waals surface area contributed by atoms with Crippen molar-refractivity contribution in [1.29, 1.82) is 0 Å². The van der Waals surface area contributed by atoms with E-state index in [1.165, 1.54) is 6.92 Å². The van der Waals surface area contributed by atoms with Crippen molar-refractivity contribution >= 4 is 17.6 Å². The molecule has 0 aliphatic heterocycles. The molecule has 1 aromatic rings. The lowest BCUT2D eigenvalue weighted by atomic mass is 10.2. The van der Waals surface area contributed by atoms with Crippen LogP contribution in [-0.4, -0.2) is 39.9 Å². The lowest BCUT2D eigenvalue weighted by Crippen LogP contribution is -2.33. The molecule has 0 radical (unpaired) electrons. The van der Waals surface area contributed by atoms with E-state index in [0.717, 1.165) is 6.07 Å². The molecule has 22 heavy (non-hydrogen) atoms. The topological polar surface area (TPSA) is 98.1 Å². The minimum atomic E-state index is -1.81. The van der Waals surface area contributed by atoms with Crippen molar-refractivity contribution in [3.05, 3.63) is 41.4 Å². The van der Waals surface area contributed by atoms with Gasteiger partial charge in [0.05, 0.1) is 18.3 Å². The first-order chi connectivity index (χ1) is 10.2. The smallest absolute Gasteiger partial charge is 0.344 e. The molecular formula is C13H12F3NO5. The molecule has 0 saturated carbocycles. The Morgan fingerprint density at radius 2 is 1.73 bits per heavy atom. The van der Waals surface area contributed by atoms with Gasteiger partial charge in [0, 0.05) is 6.20 Å². The van der Waals surface area contributed by atoms with Crippen molar-refractivity contribution in [1.82, 2.24) is 0 Å². The van der Waals surface area contributed by atoms with Crippen molar-refractivity contribution < 1.29 is 38.1 Å². The summed E-state index contributed by atoms with van der Waals surface area (Å²) < 4.78 is 40.0. The van der Waals surface area contributed by atoms with E-state index >= 15 is 0 Å². The molecule has 0 heterocycles. The molecule has 0 fully saturated rings. The third kappa shape index (κ3) is 3.55. The largest absolute Gasteiger partial charge is 0.477 e. The molecule has 0 spiro atoms. The lowest BCUT2D eigenvalue weighted by molar-refractivity contribution is -0.140. The number of aliphatic carboxylic acids is 2. The van der Waals surface area contributed by atoms with Crippen LogP contribution in [0.2, 0.25) is 0 Å². The summed E-state index contributed by atoms with van der Waals surface area (Å²) >= 11 is 0. The van der Waals surface area contributed by atoms with Crippen LogP contribution in [0, 0.1) is 17.5 Å². The van der Waals surface area contributed by atoms with E-state index < -0.39 is 53.3 Å². The number of aliphatic hydroxyl groups excluding tert-OH is 1. The summed E-state index contributed by atoms with van der Waals surface area (Å²) in [5, 5.41) is 26.7. The number of aliphatic hydroxyl groups is 1. The highest BCUT2D eigenvalue weighted by Crippen LogP contribution is 2.26. The second-order valence-electron chi connectivity index (χ2n) is 4.29. The van der Waals surface area contributed by atoms with E-state index in [0.29, 0.717) is 17.2 Å². The van der Waals surface area contributed by atoms with Crippen LogP contribution < -0.4 is 4.90 Å². The number of hydrogen-bond donors (Lipinski definition) is 3. The van der Waals surface area contributed by atoms with Crippen LogP contribution in [0.1, 0.15) is 6.92 Å². The van der Waals surface area contributed by atoms with Gasteiger partial charge in [0.25, 0.3) is 0 Å². The number of benzene rings is 1. The Kier molecular flexibility index (Phi) is 5.52. The zero-order chi connectivity index (χ0) is 17.0. The Bertz CT molecular complexity index is 616. The van der Waals surface area contributed by atoms with Crippen LogP contribution in [0.5, 0.6) is 0 Å². The van der Waals surface area contributed by atoms with Crippen molar-refractivity contribution in [2.24, 2.45) is 0 Å². The fraction of sp³-hybridized carbons (Fsp3) is 0.231.